The Morgan fingerprint density at radius 2 is 1.72 bits per heavy atom. The summed E-state index contributed by atoms with van der Waals surface area (Å²) in [6.45, 7) is 3.83. The average Bonchev–Trinajstić information content (AvgIpc) is 2.30. The van der Waals surface area contributed by atoms with Gasteiger partial charge < -0.3 is 11.1 Å². The average molecular weight is 265 g/mol. The number of nitrogens with one attached hydrogen (secondary N) is 1. The van der Waals surface area contributed by atoms with E-state index >= 15 is 0 Å². The summed E-state index contributed by atoms with van der Waals surface area (Å²) < 4.78 is 13.2. The lowest BCUT2D eigenvalue weighted by Crippen LogP contribution is -1.98. The Kier molecular flexibility index (Phi) is 3.43. The van der Waals surface area contributed by atoms with E-state index in [0.29, 0.717) is 10.7 Å². The van der Waals surface area contributed by atoms with E-state index in [4.69, 9.17) is 17.3 Å². The van der Waals surface area contributed by atoms with Crippen LogP contribution in [0, 0.1) is 19.7 Å². The van der Waals surface area contributed by atoms with E-state index in [-0.39, 0.29) is 5.82 Å². The number of hydrogen-bond donors (Lipinski definition) is 2. The molecule has 0 aromatic heterocycles. The van der Waals surface area contributed by atoms with Gasteiger partial charge in [0.05, 0.1) is 10.7 Å². The van der Waals surface area contributed by atoms with E-state index in [1.165, 1.54) is 12.1 Å². The van der Waals surface area contributed by atoms with Crippen molar-refractivity contribution in [2.45, 2.75) is 13.8 Å². The van der Waals surface area contributed by atoms with E-state index in [1.807, 2.05) is 13.8 Å². The summed E-state index contributed by atoms with van der Waals surface area (Å²) in [5.74, 6) is -0.276. The number of halogens is 2. The highest BCUT2D eigenvalue weighted by molar-refractivity contribution is 6.33. The molecule has 0 amide bonds. The van der Waals surface area contributed by atoms with Crippen LogP contribution in [0.2, 0.25) is 5.02 Å². The lowest BCUT2D eigenvalue weighted by atomic mass is 10.1. The van der Waals surface area contributed by atoms with Crippen molar-refractivity contribution in [3.8, 4) is 0 Å². The first-order valence-electron chi connectivity index (χ1n) is 5.56. The minimum Gasteiger partial charge on any atom is -0.398 e. The van der Waals surface area contributed by atoms with Crippen LogP contribution in [0.3, 0.4) is 0 Å². The second-order valence-electron chi connectivity index (χ2n) is 4.27. The van der Waals surface area contributed by atoms with Crippen LogP contribution in [0.5, 0.6) is 0 Å². The van der Waals surface area contributed by atoms with E-state index in [9.17, 15) is 4.39 Å². The summed E-state index contributed by atoms with van der Waals surface area (Å²) in [6, 6.07) is 8.16. The molecule has 18 heavy (non-hydrogen) atoms. The molecule has 2 aromatic carbocycles. The van der Waals surface area contributed by atoms with Gasteiger partial charge in [-0.15, -0.1) is 0 Å². The molecule has 94 valence electrons. The van der Waals surface area contributed by atoms with Gasteiger partial charge in [0.25, 0.3) is 0 Å². The number of aryl methyl sites for hydroxylation is 2. The molecule has 4 heteroatoms. The molecule has 0 saturated heterocycles. The second kappa shape index (κ2) is 4.86. The maximum absolute atomic E-state index is 13.2. The first-order chi connectivity index (χ1) is 8.47. The highest BCUT2D eigenvalue weighted by Gasteiger charge is 2.06. The topological polar surface area (TPSA) is 38.0 Å². The predicted octanol–water partition coefficient (Wildman–Crippen LogP) is 4.42. The van der Waals surface area contributed by atoms with Crippen molar-refractivity contribution in [1.82, 2.24) is 0 Å². The molecule has 0 aliphatic heterocycles. The maximum Gasteiger partial charge on any atom is 0.125 e. The van der Waals surface area contributed by atoms with Crippen molar-refractivity contribution in [3.05, 3.63) is 52.3 Å². The van der Waals surface area contributed by atoms with E-state index in [0.717, 1.165) is 22.5 Å². The molecule has 0 bridgehead atoms. The van der Waals surface area contributed by atoms with Gasteiger partial charge in [-0.25, -0.2) is 4.39 Å². The molecule has 0 heterocycles. The number of rotatable bonds is 2. The molecule has 0 radical (unpaired) electrons. The van der Waals surface area contributed by atoms with Gasteiger partial charge in [-0.1, -0.05) is 17.7 Å². The molecular formula is C14H14ClFN2. The zero-order chi connectivity index (χ0) is 13.3. The fraction of sp³-hybridized carbons (Fsp3) is 0.143. The smallest absolute Gasteiger partial charge is 0.125 e. The molecule has 2 nitrogen and oxygen atoms in total. The molecule has 0 unspecified atom stereocenters. The number of nitrogen functional groups attached to an aromatic ring is 1. The normalized spacial score (nSPS) is 10.4. The molecule has 2 aromatic rings. The Bertz CT molecular complexity index is 597. The van der Waals surface area contributed by atoms with Gasteiger partial charge in [0, 0.05) is 11.4 Å². The number of benzene rings is 2. The van der Waals surface area contributed by atoms with Crippen LogP contribution < -0.4 is 11.1 Å². The standard InChI is InChI=1S/C14H14ClFN2/c1-8-3-4-10(16)6-13(8)18-14-7-11(15)12(17)5-9(14)2/h3-7,18H,17H2,1-2H3. The summed E-state index contributed by atoms with van der Waals surface area (Å²) in [6.07, 6.45) is 0. The Labute approximate surface area is 111 Å². The largest absolute Gasteiger partial charge is 0.398 e. The fourth-order valence-corrected chi connectivity index (χ4v) is 1.88. The highest BCUT2D eigenvalue weighted by Crippen LogP contribution is 2.30. The van der Waals surface area contributed by atoms with Crippen LogP contribution in [-0.2, 0) is 0 Å². The van der Waals surface area contributed by atoms with Crippen molar-refractivity contribution in [3.63, 3.8) is 0 Å². The molecule has 0 atom stereocenters. The Balaban J connectivity index is 2.40. The quantitative estimate of drug-likeness (QED) is 0.788. The maximum atomic E-state index is 13.2. The zero-order valence-electron chi connectivity index (χ0n) is 10.2. The predicted molar refractivity (Wildman–Crippen MR) is 75.0 cm³/mol. The van der Waals surface area contributed by atoms with Crippen molar-refractivity contribution < 1.29 is 4.39 Å². The van der Waals surface area contributed by atoms with Crippen LogP contribution in [0.1, 0.15) is 11.1 Å². The molecule has 2 rings (SSSR count). The Hall–Kier alpha value is -1.74. The highest BCUT2D eigenvalue weighted by atomic mass is 35.5. The Morgan fingerprint density at radius 1 is 1.06 bits per heavy atom. The zero-order valence-corrected chi connectivity index (χ0v) is 11.0. The van der Waals surface area contributed by atoms with Crippen LogP contribution in [0.4, 0.5) is 21.5 Å². The summed E-state index contributed by atoms with van der Waals surface area (Å²) in [5, 5.41) is 3.65. The molecule has 0 spiro atoms. The third kappa shape index (κ3) is 2.57. The molecule has 0 fully saturated rings. The van der Waals surface area contributed by atoms with Gasteiger partial charge in [0.1, 0.15) is 5.82 Å². The first-order valence-corrected chi connectivity index (χ1v) is 5.94. The minimum absolute atomic E-state index is 0.276. The van der Waals surface area contributed by atoms with E-state index in [2.05, 4.69) is 5.32 Å². The summed E-state index contributed by atoms with van der Waals surface area (Å²) in [4.78, 5) is 0. The van der Waals surface area contributed by atoms with Crippen molar-refractivity contribution >= 4 is 28.7 Å². The fourth-order valence-electron chi connectivity index (χ4n) is 1.71. The van der Waals surface area contributed by atoms with Gasteiger partial charge in [0.2, 0.25) is 0 Å². The van der Waals surface area contributed by atoms with Crippen LogP contribution in [0.25, 0.3) is 0 Å². The Morgan fingerprint density at radius 3 is 2.44 bits per heavy atom. The summed E-state index contributed by atoms with van der Waals surface area (Å²) in [7, 11) is 0. The molecule has 0 aliphatic rings. The van der Waals surface area contributed by atoms with E-state index in [1.54, 1.807) is 18.2 Å². The molecule has 0 aliphatic carbocycles. The van der Waals surface area contributed by atoms with Crippen molar-refractivity contribution in [2.75, 3.05) is 11.1 Å². The van der Waals surface area contributed by atoms with Gasteiger partial charge >= 0.3 is 0 Å². The summed E-state index contributed by atoms with van der Waals surface area (Å²) in [5.41, 5.74) is 9.72. The van der Waals surface area contributed by atoms with Crippen molar-refractivity contribution in [2.24, 2.45) is 0 Å². The van der Waals surface area contributed by atoms with Crippen LogP contribution in [-0.4, -0.2) is 0 Å². The van der Waals surface area contributed by atoms with Crippen molar-refractivity contribution in [1.29, 1.82) is 0 Å². The summed E-state index contributed by atoms with van der Waals surface area (Å²) >= 11 is 5.98. The monoisotopic (exact) mass is 264 g/mol. The number of nitrogens with two attached hydrogens (primary N) is 1. The number of hydrogen-bond acceptors (Lipinski definition) is 2. The lowest BCUT2D eigenvalue weighted by Gasteiger charge is -2.13. The van der Waals surface area contributed by atoms with Gasteiger partial charge in [0.15, 0.2) is 0 Å². The molecule has 0 saturated carbocycles. The number of anilines is 3. The van der Waals surface area contributed by atoms with Crippen LogP contribution >= 0.6 is 11.6 Å². The van der Waals surface area contributed by atoms with Crippen LogP contribution in [0.15, 0.2) is 30.3 Å². The third-order valence-corrected chi connectivity index (χ3v) is 3.14. The van der Waals surface area contributed by atoms with Gasteiger partial charge in [-0.3, -0.25) is 0 Å². The third-order valence-electron chi connectivity index (χ3n) is 2.81. The van der Waals surface area contributed by atoms with E-state index < -0.39 is 0 Å². The molecule has 3 N–H and O–H groups in total. The second-order valence-corrected chi connectivity index (χ2v) is 4.68. The lowest BCUT2D eigenvalue weighted by molar-refractivity contribution is 0.628. The molecular weight excluding hydrogens is 251 g/mol. The SMILES string of the molecule is Cc1ccc(F)cc1Nc1cc(Cl)c(N)cc1C. The van der Waals surface area contributed by atoms with Gasteiger partial charge in [-0.2, -0.15) is 0 Å². The van der Waals surface area contributed by atoms with Gasteiger partial charge in [-0.05, 0) is 49.2 Å². The first kappa shape index (κ1) is 12.7. The minimum atomic E-state index is -0.276.